The standard InChI is InChI=1S/C10H11BrFNO3/c1-13-4-7(14)5-3-6(11)10(16-2)8(12)9(5)15/h3,13,15H,4H2,1-2H3. The van der Waals surface area contributed by atoms with Gasteiger partial charge in [0, 0.05) is 0 Å². The second kappa shape index (κ2) is 5.27. The molecule has 16 heavy (non-hydrogen) atoms. The van der Waals surface area contributed by atoms with Crippen LogP contribution in [-0.2, 0) is 0 Å². The van der Waals surface area contributed by atoms with Gasteiger partial charge in [-0.3, -0.25) is 4.79 Å². The Morgan fingerprint density at radius 1 is 1.69 bits per heavy atom. The molecule has 0 atom stereocenters. The summed E-state index contributed by atoms with van der Waals surface area (Å²) in [4.78, 5) is 11.5. The number of aromatic hydroxyl groups is 1. The Bertz CT molecular complexity index is 423. The number of phenolic OH excluding ortho intramolecular Hbond substituents is 1. The summed E-state index contributed by atoms with van der Waals surface area (Å²) in [6.07, 6.45) is 0. The van der Waals surface area contributed by atoms with Crippen molar-refractivity contribution in [2.75, 3.05) is 20.7 Å². The molecule has 6 heteroatoms. The normalized spacial score (nSPS) is 10.2. The summed E-state index contributed by atoms with van der Waals surface area (Å²) in [7, 11) is 2.86. The molecule has 0 bridgehead atoms. The molecular weight excluding hydrogens is 281 g/mol. The molecule has 0 saturated heterocycles. The SMILES string of the molecule is CNCC(=O)c1cc(Br)c(OC)c(F)c1O. The second-order valence-corrected chi connectivity index (χ2v) is 3.91. The molecule has 0 unspecified atom stereocenters. The highest BCUT2D eigenvalue weighted by Crippen LogP contribution is 2.36. The summed E-state index contributed by atoms with van der Waals surface area (Å²) < 4.78 is 18.6. The summed E-state index contributed by atoms with van der Waals surface area (Å²) in [6, 6.07) is 1.33. The van der Waals surface area contributed by atoms with Gasteiger partial charge in [0.15, 0.2) is 17.3 Å². The number of ketones is 1. The molecule has 0 spiro atoms. The van der Waals surface area contributed by atoms with Crippen molar-refractivity contribution in [3.05, 3.63) is 21.9 Å². The van der Waals surface area contributed by atoms with Crippen LogP contribution in [0.1, 0.15) is 10.4 Å². The van der Waals surface area contributed by atoms with Gasteiger partial charge in [-0.15, -0.1) is 0 Å². The lowest BCUT2D eigenvalue weighted by molar-refractivity contribution is 0.0990. The molecule has 88 valence electrons. The van der Waals surface area contributed by atoms with E-state index < -0.39 is 17.3 Å². The molecule has 0 fully saturated rings. The van der Waals surface area contributed by atoms with Crippen LogP contribution in [0.15, 0.2) is 10.5 Å². The van der Waals surface area contributed by atoms with Gasteiger partial charge in [-0.1, -0.05) is 0 Å². The van der Waals surface area contributed by atoms with Crippen molar-refractivity contribution < 1.29 is 19.0 Å². The lowest BCUT2D eigenvalue weighted by Gasteiger charge is -2.10. The first-order chi connectivity index (χ1) is 7.52. The summed E-state index contributed by atoms with van der Waals surface area (Å²) >= 11 is 3.06. The number of hydrogen-bond acceptors (Lipinski definition) is 4. The zero-order valence-corrected chi connectivity index (χ0v) is 10.4. The first kappa shape index (κ1) is 12.9. The number of carbonyl (C=O) groups is 1. The minimum absolute atomic E-state index is 0.0196. The van der Waals surface area contributed by atoms with E-state index >= 15 is 0 Å². The van der Waals surface area contributed by atoms with Gasteiger partial charge in [-0.25, -0.2) is 0 Å². The zero-order valence-electron chi connectivity index (χ0n) is 8.80. The van der Waals surface area contributed by atoms with E-state index in [4.69, 9.17) is 4.74 Å². The number of phenols is 1. The van der Waals surface area contributed by atoms with E-state index in [1.165, 1.54) is 13.2 Å². The van der Waals surface area contributed by atoms with Gasteiger partial charge in [-0.05, 0) is 29.0 Å². The van der Waals surface area contributed by atoms with Crippen LogP contribution < -0.4 is 10.1 Å². The van der Waals surface area contributed by atoms with Gasteiger partial charge in [0.1, 0.15) is 0 Å². The highest BCUT2D eigenvalue weighted by molar-refractivity contribution is 9.10. The molecule has 1 aromatic carbocycles. The van der Waals surface area contributed by atoms with Crippen LogP contribution in [-0.4, -0.2) is 31.6 Å². The number of likely N-dealkylation sites (N-methyl/N-ethyl adjacent to an activating group) is 1. The highest BCUT2D eigenvalue weighted by atomic mass is 79.9. The van der Waals surface area contributed by atoms with Crippen molar-refractivity contribution in [2.24, 2.45) is 0 Å². The average Bonchev–Trinajstić information content (AvgIpc) is 2.24. The van der Waals surface area contributed by atoms with Gasteiger partial charge < -0.3 is 15.2 Å². The van der Waals surface area contributed by atoms with E-state index in [-0.39, 0.29) is 22.3 Å². The Labute approximate surface area is 101 Å². The van der Waals surface area contributed by atoms with Gasteiger partial charge in [0.2, 0.25) is 5.82 Å². The Hall–Kier alpha value is -1.14. The molecule has 0 saturated carbocycles. The highest BCUT2D eigenvalue weighted by Gasteiger charge is 2.21. The molecular formula is C10H11BrFNO3. The fraction of sp³-hybridized carbons (Fsp3) is 0.300. The summed E-state index contributed by atoms with van der Waals surface area (Å²) in [5.74, 6) is -2.17. The van der Waals surface area contributed by atoms with E-state index in [0.717, 1.165) is 0 Å². The van der Waals surface area contributed by atoms with Gasteiger partial charge >= 0.3 is 0 Å². The van der Waals surface area contributed by atoms with Gasteiger partial charge in [0.05, 0.1) is 23.7 Å². The van der Waals surface area contributed by atoms with E-state index in [9.17, 15) is 14.3 Å². The van der Waals surface area contributed by atoms with E-state index in [1.807, 2.05) is 0 Å². The molecule has 2 N–H and O–H groups in total. The maximum absolute atomic E-state index is 13.5. The van der Waals surface area contributed by atoms with Crippen LogP contribution >= 0.6 is 15.9 Å². The molecule has 4 nitrogen and oxygen atoms in total. The molecule has 0 radical (unpaired) electrons. The predicted molar refractivity (Wildman–Crippen MR) is 60.6 cm³/mol. The molecule has 1 aromatic rings. The molecule has 0 aliphatic rings. The Kier molecular flexibility index (Phi) is 4.26. The van der Waals surface area contributed by atoms with Crippen molar-refractivity contribution in [3.63, 3.8) is 0 Å². The van der Waals surface area contributed by atoms with E-state index in [0.29, 0.717) is 0 Å². The third-order valence-electron chi connectivity index (χ3n) is 1.99. The Balaban J connectivity index is 3.28. The first-order valence-electron chi connectivity index (χ1n) is 4.45. The topological polar surface area (TPSA) is 58.6 Å². The summed E-state index contributed by atoms with van der Waals surface area (Å²) in [5, 5.41) is 12.1. The third-order valence-corrected chi connectivity index (χ3v) is 2.58. The number of carbonyl (C=O) groups excluding carboxylic acids is 1. The monoisotopic (exact) mass is 291 g/mol. The fourth-order valence-electron chi connectivity index (χ4n) is 1.25. The van der Waals surface area contributed by atoms with Crippen molar-refractivity contribution in [1.29, 1.82) is 0 Å². The van der Waals surface area contributed by atoms with Crippen LogP contribution in [0.3, 0.4) is 0 Å². The van der Waals surface area contributed by atoms with E-state index in [2.05, 4.69) is 21.2 Å². The molecule has 0 aliphatic heterocycles. The van der Waals surface area contributed by atoms with Gasteiger partial charge in [-0.2, -0.15) is 4.39 Å². The Morgan fingerprint density at radius 3 is 2.81 bits per heavy atom. The number of benzene rings is 1. The number of hydrogen-bond donors (Lipinski definition) is 2. The molecule has 0 heterocycles. The van der Waals surface area contributed by atoms with Crippen LogP contribution in [0, 0.1) is 5.82 Å². The minimum atomic E-state index is -0.948. The maximum atomic E-state index is 13.5. The number of nitrogens with one attached hydrogen (secondary N) is 1. The smallest absolute Gasteiger partial charge is 0.208 e. The molecule has 0 amide bonds. The van der Waals surface area contributed by atoms with Crippen molar-refractivity contribution >= 4 is 21.7 Å². The largest absolute Gasteiger partial charge is 0.504 e. The second-order valence-electron chi connectivity index (χ2n) is 3.06. The molecule has 0 aliphatic carbocycles. The quantitative estimate of drug-likeness (QED) is 0.829. The van der Waals surface area contributed by atoms with Crippen LogP contribution in [0.2, 0.25) is 0 Å². The minimum Gasteiger partial charge on any atom is -0.504 e. The number of rotatable bonds is 4. The van der Waals surface area contributed by atoms with Crippen LogP contribution in [0.5, 0.6) is 11.5 Å². The number of halogens is 2. The number of Topliss-reactive ketones (excluding diaryl/α,β-unsaturated/α-hetero) is 1. The third kappa shape index (κ3) is 2.33. The summed E-state index contributed by atoms with van der Waals surface area (Å²) in [6.45, 7) is 0.0196. The predicted octanol–water partition coefficient (Wildman–Crippen LogP) is 1.70. The van der Waals surface area contributed by atoms with Crippen LogP contribution in [0.4, 0.5) is 4.39 Å². The molecule has 1 rings (SSSR count). The van der Waals surface area contributed by atoms with Crippen molar-refractivity contribution in [3.8, 4) is 11.5 Å². The zero-order chi connectivity index (χ0) is 12.3. The molecule has 0 aromatic heterocycles. The van der Waals surface area contributed by atoms with Crippen LogP contribution in [0.25, 0.3) is 0 Å². The fourth-order valence-corrected chi connectivity index (χ4v) is 1.81. The van der Waals surface area contributed by atoms with E-state index in [1.54, 1.807) is 7.05 Å². The lowest BCUT2D eigenvalue weighted by Crippen LogP contribution is -2.19. The average molecular weight is 292 g/mol. The lowest BCUT2D eigenvalue weighted by atomic mass is 10.1. The number of ether oxygens (including phenoxy) is 1. The number of methoxy groups -OCH3 is 1. The first-order valence-corrected chi connectivity index (χ1v) is 5.25. The summed E-state index contributed by atoms with van der Waals surface area (Å²) in [5.41, 5.74) is -0.0838. The maximum Gasteiger partial charge on any atom is 0.208 e. The van der Waals surface area contributed by atoms with Gasteiger partial charge in [0.25, 0.3) is 0 Å². The van der Waals surface area contributed by atoms with Crippen molar-refractivity contribution in [2.45, 2.75) is 0 Å². The van der Waals surface area contributed by atoms with Crippen molar-refractivity contribution in [1.82, 2.24) is 5.32 Å². The Morgan fingerprint density at radius 2 is 2.31 bits per heavy atom.